The third-order valence-electron chi connectivity index (χ3n) is 3.43. The van der Waals surface area contributed by atoms with Crippen LogP contribution in [0.15, 0.2) is 6.20 Å². The minimum atomic E-state index is 0.105. The topological polar surface area (TPSA) is 33.2 Å². The molecular weight excluding hydrogens is 268 g/mol. The van der Waals surface area contributed by atoms with E-state index in [0.29, 0.717) is 18.5 Å². The number of hydrogen-bond acceptors (Lipinski definition) is 3. The SMILES string of the molecule is Cc1ncc(C(=O)N(CCCl)C2CCCCC2)s1. The van der Waals surface area contributed by atoms with Gasteiger partial charge >= 0.3 is 0 Å². The molecule has 1 heterocycles. The van der Waals surface area contributed by atoms with Gasteiger partial charge in [-0.05, 0) is 19.8 Å². The lowest BCUT2D eigenvalue weighted by Gasteiger charge is -2.33. The van der Waals surface area contributed by atoms with Crippen molar-refractivity contribution in [2.45, 2.75) is 45.1 Å². The zero-order valence-corrected chi connectivity index (χ0v) is 12.3. The van der Waals surface area contributed by atoms with Crippen LogP contribution in [0, 0.1) is 6.92 Å². The molecule has 0 saturated heterocycles. The highest BCUT2D eigenvalue weighted by Gasteiger charge is 2.26. The Balaban J connectivity index is 2.10. The molecule has 18 heavy (non-hydrogen) atoms. The van der Waals surface area contributed by atoms with E-state index in [9.17, 15) is 4.79 Å². The smallest absolute Gasteiger partial charge is 0.265 e. The molecule has 2 rings (SSSR count). The van der Waals surface area contributed by atoms with E-state index in [4.69, 9.17) is 11.6 Å². The number of nitrogens with zero attached hydrogens (tertiary/aromatic N) is 2. The molecular formula is C13H19ClN2OS. The van der Waals surface area contributed by atoms with Crippen molar-refractivity contribution < 1.29 is 4.79 Å². The van der Waals surface area contributed by atoms with E-state index in [-0.39, 0.29) is 5.91 Å². The van der Waals surface area contributed by atoms with Gasteiger partial charge in [-0.15, -0.1) is 22.9 Å². The van der Waals surface area contributed by atoms with E-state index in [1.165, 1.54) is 30.6 Å². The van der Waals surface area contributed by atoms with Gasteiger partial charge in [0.2, 0.25) is 0 Å². The van der Waals surface area contributed by atoms with Crippen molar-refractivity contribution >= 4 is 28.8 Å². The number of rotatable bonds is 4. The molecule has 3 nitrogen and oxygen atoms in total. The largest absolute Gasteiger partial charge is 0.334 e. The number of alkyl halides is 1. The lowest BCUT2D eigenvalue weighted by atomic mass is 9.94. The molecule has 0 aliphatic heterocycles. The summed E-state index contributed by atoms with van der Waals surface area (Å²) in [6, 6.07) is 0.368. The molecule has 100 valence electrons. The fraction of sp³-hybridized carbons (Fsp3) is 0.692. The molecule has 5 heteroatoms. The number of halogens is 1. The lowest BCUT2D eigenvalue weighted by molar-refractivity contribution is 0.0654. The van der Waals surface area contributed by atoms with Gasteiger partial charge in [0.1, 0.15) is 4.88 Å². The molecule has 0 radical (unpaired) electrons. The molecule has 1 aliphatic rings. The van der Waals surface area contributed by atoms with Crippen LogP contribution in [-0.4, -0.2) is 34.3 Å². The second-order valence-corrected chi connectivity index (χ2v) is 6.34. The highest BCUT2D eigenvalue weighted by molar-refractivity contribution is 7.13. The van der Waals surface area contributed by atoms with Gasteiger partial charge in [-0.3, -0.25) is 4.79 Å². The molecule has 1 aromatic heterocycles. The molecule has 1 aromatic rings. The number of amides is 1. The second kappa shape index (κ2) is 6.53. The number of aromatic nitrogens is 1. The normalized spacial score (nSPS) is 16.8. The molecule has 0 spiro atoms. The van der Waals surface area contributed by atoms with Crippen molar-refractivity contribution in [1.29, 1.82) is 0 Å². The van der Waals surface area contributed by atoms with Crippen LogP contribution in [-0.2, 0) is 0 Å². The maximum absolute atomic E-state index is 12.5. The average molecular weight is 287 g/mol. The summed E-state index contributed by atoms with van der Waals surface area (Å²) in [6.45, 7) is 2.57. The Bertz CT molecular complexity index is 401. The number of thiazole rings is 1. The Labute approximate surface area is 117 Å². The van der Waals surface area contributed by atoms with Crippen LogP contribution in [0.5, 0.6) is 0 Å². The number of aryl methyl sites for hydroxylation is 1. The predicted molar refractivity (Wildman–Crippen MR) is 75.5 cm³/mol. The van der Waals surface area contributed by atoms with Gasteiger partial charge in [0.25, 0.3) is 5.91 Å². The predicted octanol–water partition coefficient (Wildman–Crippen LogP) is 3.47. The maximum Gasteiger partial charge on any atom is 0.265 e. The molecule has 0 atom stereocenters. The Morgan fingerprint density at radius 1 is 1.50 bits per heavy atom. The van der Waals surface area contributed by atoms with Crippen molar-refractivity contribution in [3.05, 3.63) is 16.1 Å². The van der Waals surface area contributed by atoms with E-state index in [1.807, 2.05) is 11.8 Å². The zero-order chi connectivity index (χ0) is 13.0. The number of carbonyl (C=O) groups excluding carboxylic acids is 1. The van der Waals surface area contributed by atoms with E-state index >= 15 is 0 Å². The Morgan fingerprint density at radius 2 is 2.22 bits per heavy atom. The molecule has 1 saturated carbocycles. The highest BCUT2D eigenvalue weighted by Crippen LogP contribution is 2.25. The first-order valence-corrected chi connectivity index (χ1v) is 7.87. The average Bonchev–Trinajstić information content (AvgIpc) is 2.83. The van der Waals surface area contributed by atoms with Crippen molar-refractivity contribution in [3.63, 3.8) is 0 Å². The van der Waals surface area contributed by atoms with Gasteiger partial charge in [0.05, 0.1) is 11.2 Å². The molecule has 0 unspecified atom stereocenters. The fourth-order valence-corrected chi connectivity index (χ4v) is 3.45. The summed E-state index contributed by atoms with van der Waals surface area (Å²) in [6.07, 6.45) is 7.64. The Kier molecular flexibility index (Phi) is 5.01. The first-order chi connectivity index (χ1) is 8.72. The summed E-state index contributed by atoms with van der Waals surface area (Å²) in [5, 5.41) is 0.938. The van der Waals surface area contributed by atoms with Gasteiger partial charge in [0.15, 0.2) is 0 Å². The lowest BCUT2D eigenvalue weighted by Crippen LogP contribution is -2.42. The highest BCUT2D eigenvalue weighted by atomic mass is 35.5. The fourth-order valence-electron chi connectivity index (χ4n) is 2.54. The molecule has 0 N–H and O–H groups in total. The Hall–Kier alpha value is -0.610. The molecule has 1 fully saturated rings. The standard InChI is InChI=1S/C13H19ClN2OS/c1-10-15-9-12(18-10)13(17)16(8-7-14)11-5-3-2-4-6-11/h9,11H,2-8H2,1H3. The third kappa shape index (κ3) is 3.23. The summed E-state index contributed by atoms with van der Waals surface area (Å²) < 4.78 is 0. The van der Waals surface area contributed by atoms with Crippen LogP contribution < -0.4 is 0 Å². The summed E-state index contributed by atoms with van der Waals surface area (Å²) in [5.41, 5.74) is 0. The first kappa shape index (κ1) is 13.8. The molecule has 0 bridgehead atoms. The quantitative estimate of drug-likeness (QED) is 0.794. The van der Waals surface area contributed by atoms with Crippen molar-refractivity contribution in [3.8, 4) is 0 Å². The minimum absolute atomic E-state index is 0.105. The molecule has 1 aliphatic carbocycles. The van der Waals surface area contributed by atoms with Gasteiger partial charge < -0.3 is 4.90 Å². The minimum Gasteiger partial charge on any atom is -0.334 e. The van der Waals surface area contributed by atoms with Crippen LogP contribution in [0.25, 0.3) is 0 Å². The Morgan fingerprint density at radius 3 is 2.78 bits per heavy atom. The van der Waals surface area contributed by atoms with E-state index in [0.717, 1.165) is 22.7 Å². The van der Waals surface area contributed by atoms with Gasteiger partial charge in [-0.2, -0.15) is 0 Å². The van der Waals surface area contributed by atoms with Crippen molar-refractivity contribution in [2.75, 3.05) is 12.4 Å². The molecule has 1 amide bonds. The monoisotopic (exact) mass is 286 g/mol. The summed E-state index contributed by atoms with van der Waals surface area (Å²) >= 11 is 7.31. The van der Waals surface area contributed by atoms with Crippen LogP contribution >= 0.6 is 22.9 Å². The first-order valence-electron chi connectivity index (χ1n) is 6.51. The van der Waals surface area contributed by atoms with Crippen LogP contribution in [0.1, 0.15) is 46.8 Å². The molecule has 0 aromatic carbocycles. The third-order valence-corrected chi connectivity index (χ3v) is 4.50. The number of hydrogen-bond donors (Lipinski definition) is 0. The summed E-state index contributed by atoms with van der Waals surface area (Å²) in [4.78, 5) is 19.3. The van der Waals surface area contributed by atoms with Crippen molar-refractivity contribution in [2.24, 2.45) is 0 Å². The van der Waals surface area contributed by atoms with Gasteiger partial charge in [-0.25, -0.2) is 4.98 Å². The van der Waals surface area contributed by atoms with E-state index in [1.54, 1.807) is 6.20 Å². The van der Waals surface area contributed by atoms with Gasteiger partial charge in [-0.1, -0.05) is 19.3 Å². The van der Waals surface area contributed by atoms with E-state index in [2.05, 4.69) is 4.98 Å². The van der Waals surface area contributed by atoms with E-state index < -0.39 is 0 Å². The van der Waals surface area contributed by atoms with Gasteiger partial charge in [0, 0.05) is 18.5 Å². The summed E-state index contributed by atoms with van der Waals surface area (Å²) in [5.74, 6) is 0.605. The van der Waals surface area contributed by atoms with Crippen LogP contribution in [0.4, 0.5) is 0 Å². The maximum atomic E-state index is 12.5. The van der Waals surface area contributed by atoms with Crippen LogP contribution in [0.2, 0.25) is 0 Å². The number of carbonyl (C=O) groups is 1. The van der Waals surface area contributed by atoms with Crippen molar-refractivity contribution in [1.82, 2.24) is 9.88 Å². The summed E-state index contributed by atoms with van der Waals surface area (Å²) in [7, 11) is 0. The second-order valence-electron chi connectivity index (χ2n) is 4.72. The zero-order valence-electron chi connectivity index (χ0n) is 10.7. The van der Waals surface area contributed by atoms with Crippen LogP contribution in [0.3, 0.4) is 0 Å².